The average molecular weight is 306 g/mol. The van der Waals surface area contributed by atoms with Crippen molar-refractivity contribution >= 4 is 11.6 Å². The molecule has 0 aliphatic carbocycles. The molecule has 0 atom stereocenters. The Balaban J connectivity index is 2.51. The summed E-state index contributed by atoms with van der Waals surface area (Å²) in [5.41, 5.74) is 0.946. The number of carbonyl (C=O) groups excluding carboxylic acids is 1. The second-order valence-electron chi connectivity index (χ2n) is 5.72. The number of hydrogen-bond donors (Lipinski definition) is 1. The van der Waals surface area contributed by atoms with Gasteiger partial charge in [0.2, 0.25) is 5.91 Å². The van der Waals surface area contributed by atoms with Gasteiger partial charge in [0.05, 0.1) is 11.8 Å². The normalized spacial score (nSPS) is 10.6. The lowest BCUT2D eigenvalue weighted by atomic mass is 10.2. The van der Waals surface area contributed by atoms with E-state index in [0.717, 1.165) is 37.4 Å². The van der Waals surface area contributed by atoms with Crippen molar-refractivity contribution in [3.8, 4) is 5.75 Å². The zero-order valence-corrected chi connectivity index (χ0v) is 14.4. The number of para-hydroxylation sites is 2. The maximum absolute atomic E-state index is 12.2. The van der Waals surface area contributed by atoms with Crippen molar-refractivity contribution in [2.24, 2.45) is 0 Å². The summed E-state index contributed by atoms with van der Waals surface area (Å²) in [5.74, 6) is 1.06. The molecule has 0 bridgehead atoms. The quantitative estimate of drug-likeness (QED) is 0.712. The van der Waals surface area contributed by atoms with Gasteiger partial charge in [-0.3, -0.25) is 4.79 Å². The fraction of sp³-hybridized carbons (Fsp3) is 0.611. The van der Waals surface area contributed by atoms with E-state index in [1.807, 2.05) is 43.0 Å². The van der Waals surface area contributed by atoms with Crippen molar-refractivity contribution < 1.29 is 9.53 Å². The number of nitrogens with one attached hydrogen (secondary N) is 1. The summed E-state index contributed by atoms with van der Waals surface area (Å²) >= 11 is 0. The van der Waals surface area contributed by atoms with Crippen LogP contribution in [0.25, 0.3) is 0 Å². The van der Waals surface area contributed by atoms with Crippen molar-refractivity contribution in [3.63, 3.8) is 0 Å². The van der Waals surface area contributed by atoms with Gasteiger partial charge in [-0.15, -0.1) is 0 Å². The van der Waals surface area contributed by atoms with Crippen LogP contribution < -0.4 is 10.1 Å². The molecular weight excluding hydrogens is 276 g/mol. The summed E-state index contributed by atoms with van der Waals surface area (Å²) < 4.78 is 5.77. The van der Waals surface area contributed by atoms with E-state index in [1.54, 1.807) is 0 Å². The van der Waals surface area contributed by atoms with E-state index < -0.39 is 0 Å². The fourth-order valence-corrected chi connectivity index (χ4v) is 2.33. The van der Waals surface area contributed by atoms with Gasteiger partial charge in [0.1, 0.15) is 5.75 Å². The molecule has 1 rings (SSSR count). The Bertz CT molecular complexity index is 440. The Hall–Kier alpha value is -1.71. The molecule has 0 aliphatic rings. The van der Waals surface area contributed by atoms with Gasteiger partial charge in [-0.2, -0.15) is 0 Å². The summed E-state index contributed by atoms with van der Waals surface area (Å²) in [7, 11) is 0. The molecule has 1 aromatic rings. The van der Waals surface area contributed by atoms with Crippen LogP contribution in [0.1, 0.15) is 47.0 Å². The summed E-state index contributed by atoms with van der Waals surface area (Å²) in [6.45, 7) is 10.5. The summed E-state index contributed by atoms with van der Waals surface area (Å²) in [4.78, 5) is 14.2. The molecule has 0 saturated carbocycles. The SMILES string of the molecule is CCCN(CCC)C(=O)CCNc1ccccc1OC(C)C. The van der Waals surface area contributed by atoms with Crippen molar-refractivity contribution in [1.82, 2.24) is 4.90 Å². The molecule has 0 radical (unpaired) electrons. The third kappa shape index (κ3) is 6.37. The molecule has 0 aromatic heterocycles. The predicted octanol–water partition coefficient (Wildman–Crippen LogP) is 3.92. The first-order valence-corrected chi connectivity index (χ1v) is 8.35. The Kier molecular flexibility index (Phi) is 8.41. The first kappa shape index (κ1) is 18.3. The van der Waals surface area contributed by atoms with E-state index in [2.05, 4.69) is 19.2 Å². The minimum absolute atomic E-state index is 0.134. The maximum atomic E-state index is 12.2. The van der Waals surface area contributed by atoms with Crippen LogP contribution in [0.3, 0.4) is 0 Å². The predicted molar refractivity (Wildman–Crippen MR) is 92.5 cm³/mol. The third-order valence-corrected chi connectivity index (χ3v) is 3.24. The molecule has 1 amide bonds. The van der Waals surface area contributed by atoms with Crippen LogP contribution in [0.15, 0.2) is 24.3 Å². The first-order chi connectivity index (χ1) is 10.6. The van der Waals surface area contributed by atoms with Crippen molar-refractivity contribution in [2.45, 2.75) is 53.1 Å². The van der Waals surface area contributed by atoms with Crippen LogP contribution >= 0.6 is 0 Å². The minimum Gasteiger partial charge on any atom is -0.489 e. The van der Waals surface area contributed by atoms with Gasteiger partial charge in [0.15, 0.2) is 0 Å². The molecule has 1 aromatic carbocycles. The highest BCUT2D eigenvalue weighted by molar-refractivity contribution is 5.76. The zero-order chi connectivity index (χ0) is 16.4. The van der Waals surface area contributed by atoms with E-state index in [9.17, 15) is 4.79 Å². The van der Waals surface area contributed by atoms with Crippen LogP contribution in [0.5, 0.6) is 5.75 Å². The second-order valence-corrected chi connectivity index (χ2v) is 5.72. The highest BCUT2D eigenvalue weighted by Gasteiger charge is 2.11. The van der Waals surface area contributed by atoms with Crippen molar-refractivity contribution in [2.75, 3.05) is 25.0 Å². The molecule has 0 unspecified atom stereocenters. The smallest absolute Gasteiger partial charge is 0.224 e. The summed E-state index contributed by atoms with van der Waals surface area (Å²) in [5, 5.41) is 3.32. The van der Waals surface area contributed by atoms with E-state index in [-0.39, 0.29) is 12.0 Å². The molecule has 22 heavy (non-hydrogen) atoms. The Morgan fingerprint density at radius 3 is 2.41 bits per heavy atom. The molecule has 0 heterocycles. The molecule has 0 spiro atoms. The van der Waals surface area contributed by atoms with Gasteiger partial charge in [0.25, 0.3) is 0 Å². The molecule has 1 N–H and O–H groups in total. The summed E-state index contributed by atoms with van der Waals surface area (Å²) in [6, 6.07) is 7.86. The standard InChI is InChI=1S/C18H30N2O2/c1-5-13-20(14-6-2)18(21)11-12-19-16-9-7-8-10-17(16)22-15(3)4/h7-10,15,19H,5-6,11-14H2,1-4H3. The van der Waals surface area contributed by atoms with Gasteiger partial charge in [-0.1, -0.05) is 26.0 Å². The van der Waals surface area contributed by atoms with E-state index in [4.69, 9.17) is 4.74 Å². The number of rotatable bonds is 10. The van der Waals surface area contributed by atoms with Crippen molar-refractivity contribution in [3.05, 3.63) is 24.3 Å². The Morgan fingerprint density at radius 2 is 1.82 bits per heavy atom. The molecule has 0 fully saturated rings. The second kappa shape index (κ2) is 10.1. The monoisotopic (exact) mass is 306 g/mol. The summed E-state index contributed by atoms with van der Waals surface area (Å²) in [6.07, 6.45) is 2.65. The molecule has 124 valence electrons. The van der Waals surface area contributed by atoms with Gasteiger partial charge >= 0.3 is 0 Å². The molecule has 4 nitrogen and oxygen atoms in total. The first-order valence-electron chi connectivity index (χ1n) is 8.35. The van der Waals surface area contributed by atoms with E-state index >= 15 is 0 Å². The topological polar surface area (TPSA) is 41.6 Å². The van der Waals surface area contributed by atoms with Gasteiger partial charge < -0.3 is 15.0 Å². The largest absolute Gasteiger partial charge is 0.489 e. The van der Waals surface area contributed by atoms with Crippen LogP contribution in [0.2, 0.25) is 0 Å². The number of carbonyl (C=O) groups is 1. The Morgan fingerprint density at radius 1 is 1.18 bits per heavy atom. The number of ether oxygens (including phenoxy) is 1. The van der Waals surface area contributed by atoms with Crippen LogP contribution in [0.4, 0.5) is 5.69 Å². The van der Waals surface area contributed by atoms with Gasteiger partial charge in [-0.05, 0) is 38.8 Å². The number of hydrogen-bond acceptors (Lipinski definition) is 3. The zero-order valence-electron chi connectivity index (χ0n) is 14.4. The maximum Gasteiger partial charge on any atom is 0.224 e. The lowest BCUT2D eigenvalue weighted by Crippen LogP contribution is -2.33. The van der Waals surface area contributed by atoms with Gasteiger partial charge in [-0.25, -0.2) is 0 Å². The van der Waals surface area contributed by atoms with Crippen LogP contribution in [0, 0.1) is 0 Å². The lowest BCUT2D eigenvalue weighted by Gasteiger charge is -2.22. The molecule has 0 saturated heterocycles. The highest BCUT2D eigenvalue weighted by Crippen LogP contribution is 2.24. The highest BCUT2D eigenvalue weighted by atomic mass is 16.5. The van der Waals surface area contributed by atoms with Crippen molar-refractivity contribution in [1.29, 1.82) is 0 Å². The fourth-order valence-electron chi connectivity index (χ4n) is 2.33. The molecule has 0 aliphatic heterocycles. The Labute approximate surface area is 134 Å². The van der Waals surface area contributed by atoms with E-state index in [0.29, 0.717) is 13.0 Å². The molecule has 4 heteroatoms. The number of nitrogens with zero attached hydrogens (tertiary/aromatic N) is 1. The van der Waals surface area contributed by atoms with E-state index in [1.165, 1.54) is 0 Å². The molecular formula is C18H30N2O2. The number of anilines is 1. The average Bonchev–Trinajstić information content (AvgIpc) is 2.48. The lowest BCUT2D eigenvalue weighted by molar-refractivity contribution is -0.131. The minimum atomic E-state index is 0.134. The number of benzene rings is 1. The van der Waals surface area contributed by atoms with Crippen LogP contribution in [-0.4, -0.2) is 36.5 Å². The van der Waals surface area contributed by atoms with Crippen LogP contribution in [-0.2, 0) is 4.79 Å². The van der Waals surface area contributed by atoms with Gasteiger partial charge in [0, 0.05) is 26.1 Å². The number of amides is 1. The third-order valence-electron chi connectivity index (χ3n) is 3.24.